The van der Waals surface area contributed by atoms with Gasteiger partial charge in [-0.15, -0.1) is 0 Å². The molecule has 0 aliphatic carbocycles. The molecule has 1 fully saturated rings. The second-order valence-corrected chi connectivity index (χ2v) is 5.40. The van der Waals surface area contributed by atoms with Gasteiger partial charge in [0.2, 0.25) is 0 Å². The van der Waals surface area contributed by atoms with E-state index in [2.05, 4.69) is 37.4 Å². The van der Waals surface area contributed by atoms with E-state index in [9.17, 15) is 0 Å². The number of aryl methyl sites for hydroxylation is 1. The van der Waals surface area contributed by atoms with Gasteiger partial charge in [0.15, 0.2) is 0 Å². The number of nitrogens with one attached hydrogen (secondary N) is 1. The molecule has 19 heavy (non-hydrogen) atoms. The van der Waals surface area contributed by atoms with E-state index < -0.39 is 0 Å². The maximum absolute atomic E-state index is 5.97. The smallest absolute Gasteiger partial charge is 0.122 e. The minimum absolute atomic E-state index is 0.378. The fourth-order valence-corrected chi connectivity index (χ4v) is 2.39. The van der Waals surface area contributed by atoms with Crippen molar-refractivity contribution in [1.82, 2.24) is 5.32 Å². The summed E-state index contributed by atoms with van der Waals surface area (Å²) in [6.07, 6.45) is 2.24. The van der Waals surface area contributed by atoms with Crippen LogP contribution in [0.4, 0.5) is 0 Å². The van der Waals surface area contributed by atoms with E-state index >= 15 is 0 Å². The van der Waals surface area contributed by atoms with Gasteiger partial charge in [-0.05, 0) is 56.8 Å². The normalized spacial score (nSPS) is 18.3. The van der Waals surface area contributed by atoms with Gasteiger partial charge in [0, 0.05) is 19.3 Å². The van der Waals surface area contributed by atoms with Crippen molar-refractivity contribution in [2.45, 2.75) is 32.7 Å². The summed E-state index contributed by atoms with van der Waals surface area (Å²) in [6, 6.07) is 6.83. The van der Waals surface area contributed by atoms with Crippen LogP contribution in [0.3, 0.4) is 0 Å². The Morgan fingerprint density at radius 2 is 2.11 bits per heavy atom. The first-order chi connectivity index (χ1) is 9.20. The van der Waals surface area contributed by atoms with Crippen LogP contribution < -0.4 is 10.1 Å². The number of ether oxygens (including phenoxy) is 2. The van der Waals surface area contributed by atoms with Gasteiger partial charge in [-0.1, -0.05) is 12.1 Å². The Balaban J connectivity index is 1.93. The van der Waals surface area contributed by atoms with Crippen molar-refractivity contribution >= 4 is 0 Å². The van der Waals surface area contributed by atoms with Crippen molar-refractivity contribution in [3.8, 4) is 5.75 Å². The topological polar surface area (TPSA) is 30.5 Å². The average molecular weight is 263 g/mol. The van der Waals surface area contributed by atoms with Crippen LogP contribution in [0.1, 0.15) is 36.9 Å². The van der Waals surface area contributed by atoms with E-state index in [0.717, 1.165) is 38.4 Å². The SMILES string of the molecule is CNC(C)c1ccc(OCC2CCOCC2)c(C)c1. The zero-order valence-corrected chi connectivity index (χ0v) is 12.2. The van der Waals surface area contributed by atoms with E-state index in [1.165, 1.54) is 11.1 Å². The summed E-state index contributed by atoms with van der Waals surface area (Å²) in [5.41, 5.74) is 2.52. The molecule has 0 spiro atoms. The zero-order valence-electron chi connectivity index (χ0n) is 12.2. The zero-order chi connectivity index (χ0) is 13.7. The maximum atomic E-state index is 5.97. The molecule has 2 rings (SSSR count). The monoisotopic (exact) mass is 263 g/mol. The second kappa shape index (κ2) is 6.92. The Labute approximate surface area is 116 Å². The lowest BCUT2D eigenvalue weighted by Crippen LogP contribution is -2.21. The van der Waals surface area contributed by atoms with Gasteiger partial charge >= 0.3 is 0 Å². The number of hydrogen-bond acceptors (Lipinski definition) is 3. The van der Waals surface area contributed by atoms with Gasteiger partial charge < -0.3 is 14.8 Å². The van der Waals surface area contributed by atoms with Crippen LogP contribution in [0, 0.1) is 12.8 Å². The van der Waals surface area contributed by atoms with E-state index in [0.29, 0.717) is 12.0 Å². The van der Waals surface area contributed by atoms with Crippen LogP contribution in [0.2, 0.25) is 0 Å². The summed E-state index contributed by atoms with van der Waals surface area (Å²) in [6.45, 7) is 6.85. The molecule has 0 saturated carbocycles. The van der Waals surface area contributed by atoms with E-state index in [-0.39, 0.29) is 0 Å². The van der Waals surface area contributed by atoms with Gasteiger partial charge in [0.1, 0.15) is 5.75 Å². The molecule has 1 N–H and O–H groups in total. The highest BCUT2D eigenvalue weighted by molar-refractivity contribution is 5.37. The molecular weight excluding hydrogens is 238 g/mol. The molecule has 0 radical (unpaired) electrons. The molecule has 106 valence electrons. The minimum Gasteiger partial charge on any atom is -0.493 e. The van der Waals surface area contributed by atoms with Gasteiger partial charge in [0.05, 0.1) is 6.61 Å². The fraction of sp³-hybridized carbons (Fsp3) is 0.625. The Kier molecular flexibility index (Phi) is 5.23. The molecule has 3 heteroatoms. The van der Waals surface area contributed by atoms with Crippen molar-refractivity contribution in [3.63, 3.8) is 0 Å². The Bertz CT molecular complexity index is 400. The van der Waals surface area contributed by atoms with Crippen molar-refractivity contribution in [3.05, 3.63) is 29.3 Å². The highest BCUT2D eigenvalue weighted by atomic mass is 16.5. The van der Waals surface area contributed by atoms with Gasteiger partial charge in [-0.3, -0.25) is 0 Å². The van der Waals surface area contributed by atoms with Crippen molar-refractivity contribution < 1.29 is 9.47 Å². The summed E-state index contributed by atoms with van der Waals surface area (Å²) < 4.78 is 11.3. The summed E-state index contributed by atoms with van der Waals surface area (Å²) >= 11 is 0. The van der Waals surface area contributed by atoms with E-state index in [1.54, 1.807) is 0 Å². The first kappa shape index (κ1) is 14.4. The first-order valence-electron chi connectivity index (χ1n) is 7.19. The third-order valence-corrected chi connectivity index (χ3v) is 3.95. The van der Waals surface area contributed by atoms with Gasteiger partial charge in [-0.2, -0.15) is 0 Å². The number of hydrogen-bond donors (Lipinski definition) is 1. The Morgan fingerprint density at radius 3 is 2.74 bits per heavy atom. The minimum atomic E-state index is 0.378. The van der Waals surface area contributed by atoms with E-state index in [1.807, 2.05) is 7.05 Å². The molecule has 1 aliphatic heterocycles. The standard InChI is InChI=1S/C16H25NO2/c1-12-10-15(13(2)17-3)4-5-16(12)19-11-14-6-8-18-9-7-14/h4-5,10,13-14,17H,6-9,11H2,1-3H3. The molecule has 0 bridgehead atoms. The lowest BCUT2D eigenvalue weighted by molar-refractivity contribution is 0.0496. The first-order valence-corrected chi connectivity index (χ1v) is 7.19. The molecule has 1 heterocycles. The van der Waals surface area contributed by atoms with Crippen LogP contribution in [-0.2, 0) is 4.74 Å². The predicted molar refractivity (Wildman–Crippen MR) is 77.7 cm³/mol. The highest BCUT2D eigenvalue weighted by Crippen LogP contribution is 2.24. The predicted octanol–water partition coefficient (Wildman–Crippen LogP) is 3.08. The fourth-order valence-electron chi connectivity index (χ4n) is 2.39. The molecule has 1 atom stereocenters. The molecule has 3 nitrogen and oxygen atoms in total. The quantitative estimate of drug-likeness (QED) is 0.885. The molecule has 0 aromatic heterocycles. The van der Waals surface area contributed by atoms with Crippen LogP contribution in [-0.4, -0.2) is 26.9 Å². The highest BCUT2D eigenvalue weighted by Gasteiger charge is 2.15. The summed E-state index contributed by atoms with van der Waals surface area (Å²) in [5.74, 6) is 1.66. The molecule has 1 saturated heterocycles. The molecule has 1 aromatic rings. The van der Waals surface area contributed by atoms with Crippen molar-refractivity contribution in [2.24, 2.45) is 5.92 Å². The maximum Gasteiger partial charge on any atom is 0.122 e. The largest absolute Gasteiger partial charge is 0.493 e. The van der Waals surface area contributed by atoms with Crippen LogP contribution in [0.15, 0.2) is 18.2 Å². The molecule has 1 aromatic carbocycles. The third-order valence-electron chi connectivity index (χ3n) is 3.95. The van der Waals surface area contributed by atoms with Gasteiger partial charge in [-0.25, -0.2) is 0 Å². The summed E-state index contributed by atoms with van der Waals surface area (Å²) in [7, 11) is 1.98. The van der Waals surface area contributed by atoms with Crippen molar-refractivity contribution in [2.75, 3.05) is 26.9 Å². The van der Waals surface area contributed by atoms with Crippen LogP contribution >= 0.6 is 0 Å². The lowest BCUT2D eigenvalue weighted by atomic mass is 10.0. The number of benzene rings is 1. The van der Waals surface area contributed by atoms with Crippen molar-refractivity contribution in [1.29, 1.82) is 0 Å². The molecule has 1 unspecified atom stereocenters. The van der Waals surface area contributed by atoms with Crippen LogP contribution in [0.25, 0.3) is 0 Å². The number of rotatable bonds is 5. The Morgan fingerprint density at radius 1 is 1.37 bits per heavy atom. The molecule has 0 amide bonds. The molecular formula is C16H25NO2. The van der Waals surface area contributed by atoms with Crippen LogP contribution in [0.5, 0.6) is 5.75 Å². The Hall–Kier alpha value is -1.06. The third kappa shape index (κ3) is 3.95. The second-order valence-electron chi connectivity index (χ2n) is 5.40. The van der Waals surface area contributed by atoms with Gasteiger partial charge in [0.25, 0.3) is 0 Å². The summed E-state index contributed by atoms with van der Waals surface area (Å²) in [5, 5.41) is 3.26. The summed E-state index contributed by atoms with van der Waals surface area (Å²) in [4.78, 5) is 0. The average Bonchev–Trinajstić information content (AvgIpc) is 2.46. The lowest BCUT2D eigenvalue weighted by Gasteiger charge is -2.23. The molecule has 1 aliphatic rings. The van der Waals surface area contributed by atoms with E-state index in [4.69, 9.17) is 9.47 Å².